The van der Waals surface area contributed by atoms with Crippen LogP contribution < -0.4 is 5.32 Å². The van der Waals surface area contributed by atoms with Crippen LogP contribution in [0.5, 0.6) is 0 Å². The highest BCUT2D eigenvalue weighted by atomic mass is 32.1. The van der Waals surface area contributed by atoms with E-state index in [1.165, 1.54) is 0 Å². The Morgan fingerprint density at radius 2 is 2.06 bits per heavy atom. The number of halogens is 3. The summed E-state index contributed by atoms with van der Waals surface area (Å²) in [6.45, 7) is 4.80. The third-order valence-corrected chi connectivity index (χ3v) is 3.91. The van der Waals surface area contributed by atoms with E-state index in [2.05, 4.69) is 5.32 Å². The van der Waals surface area contributed by atoms with E-state index in [0.29, 0.717) is 0 Å². The van der Waals surface area contributed by atoms with Crippen LogP contribution >= 0.6 is 11.3 Å². The van der Waals surface area contributed by atoms with E-state index in [1.807, 2.05) is 25.3 Å². The van der Waals surface area contributed by atoms with Gasteiger partial charge in [-0.1, -0.05) is 13.8 Å². The summed E-state index contributed by atoms with van der Waals surface area (Å²) in [4.78, 5) is 1.07. The Labute approximate surface area is 110 Å². The Morgan fingerprint density at radius 1 is 1.33 bits per heavy atom. The van der Waals surface area contributed by atoms with Crippen molar-refractivity contribution in [1.29, 1.82) is 0 Å². The maximum Gasteiger partial charge on any atom is 0.389 e. The SMILES string of the molecule is CCCNC(CCC(F)(F)F)c1sccc1CC. The van der Waals surface area contributed by atoms with Crippen LogP contribution in [0.15, 0.2) is 11.4 Å². The van der Waals surface area contributed by atoms with Crippen LogP contribution in [0, 0.1) is 0 Å². The van der Waals surface area contributed by atoms with E-state index >= 15 is 0 Å². The van der Waals surface area contributed by atoms with Crippen LogP contribution in [-0.4, -0.2) is 12.7 Å². The quantitative estimate of drug-likeness (QED) is 0.763. The molecule has 1 unspecified atom stereocenters. The molecule has 0 aliphatic rings. The van der Waals surface area contributed by atoms with Gasteiger partial charge in [-0.3, -0.25) is 0 Å². The van der Waals surface area contributed by atoms with Gasteiger partial charge in [0, 0.05) is 17.3 Å². The van der Waals surface area contributed by atoms with Gasteiger partial charge in [0.25, 0.3) is 0 Å². The molecule has 18 heavy (non-hydrogen) atoms. The molecule has 0 saturated carbocycles. The van der Waals surface area contributed by atoms with Crippen LogP contribution in [0.1, 0.15) is 49.6 Å². The molecule has 104 valence electrons. The standard InChI is InChI=1S/C13H20F3NS/c1-3-8-17-11(5-7-13(14,15)16)12-10(4-2)6-9-18-12/h6,9,11,17H,3-5,7-8H2,1-2H3. The summed E-state index contributed by atoms with van der Waals surface area (Å²) in [6, 6.07) is 1.84. The van der Waals surface area contributed by atoms with Crippen LogP contribution in [0.4, 0.5) is 13.2 Å². The first kappa shape index (κ1) is 15.5. The predicted molar refractivity (Wildman–Crippen MR) is 70.0 cm³/mol. The van der Waals surface area contributed by atoms with Crippen molar-refractivity contribution in [2.75, 3.05) is 6.54 Å². The number of rotatable bonds is 7. The molecule has 0 aromatic carbocycles. The summed E-state index contributed by atoms with van der Waals surface area (Å²) in [5, 5.41) is 5.19. The van der Waals surface area contributed by atoms with Crippen molar-refractivity contribution in [1.82, 2.24) is 5.32 Å². The number of thiophene rings is 1. The maximum atomic E-state index is 12.3. The van der Waals surface area contributed by atoms with Crippen molar-refractivity contribution in [2.24, 2.45) is 0 Å². The molecule has 0 radical (unpaired) electrons. The van der Waals surface area contributed by atoms with Crippen molar-refractivity contribution < 1.29 is 13.2 Å². The van der Waals surface area contributed by atoms with E-state index in [0.717, 1.165) is 29.8 Å². The number of hydrogen-bond donors (Lipinski definition) is 1. The molecular weight excluding hydrogens is 259 g/mol. The van der Waals surface area contributed by atoms with Crippen molar-refractivity contribution in [3.05, 3.63) is 21.9 Å². The Balaban J connectivity index is 2.71. The largest absolute Gasteiger partial charge is 0.389 e. The molecule has 0 amide bonds. The smallest absolute Gasteiger partial charge is 0.309 e. The average molecular weight is 279 g/mol. The number of hydrogen-bond acceptors (Lipinski definition) is 2. The summed E-state index contributed by atoms with van der Waals surface area (Å²) < 4.78 is 37.0. The summed E-state index contributed by atoms with van der Waals surface area (Å²) in [6.07, 6.45) is -2.88. The first-order chi connectivity index (χ1) is 8.48. The first-order valence-corrected chi connectivity index (χ1v) is 7.22. The minimum Gasteiger partial charge on any atom is -0.309 e. The lowest BCUT2D eigenvalue weighted by Crippen LogP contribution is -2.24. The van der Waals surface area contributed by atoms with Crippen molar-refractivity contribution in [3.63, 3.8) is 0 Å². The Bertz CT molecular complexity index is 346. The highest BCUT2D eigenvalue weighted by Gasteiger charge is 2.29. The summed E-state index contributed by atoms with van der Waals surface area (Å²) >= 11 is 1.55. The molecular formula is C13H20F3NS. The molecule has 0 fully saturated rings. The molecule has 0 saturated heterocycles. The fraction of sp³-hybridized carbons (Fsp3) is 0.692. The van der Waals surface area contributed by atoms with Crippen LogP contribution in [0.25, 0.3) is 0 Å². The molecule has 1 nitrogen and oxygen atoms in total. The molecule has 1 atom stereocenters. The van der Waals surface area contributed by atoms with E-state index in [-0.39, 0.29) is 12.5 Å². The number of aryl methyl sites for hydroxylation is 1. The molecule has 0 aliphatic heterocycles. The topological polar surface area (TPSA) is 12.0 Å². The normalized spacial score (nSPS) is 13.8. The van der Waals surface area contributed by atoms with Gasteiger partial charge in [0.2, 0.25) is 0 Å². The lowest BCUT2D eigenvalue weighted by atomic mass is 10.0. The van der Waals surface area contributed by atoms with Gasteiger partial charge in [0.1, 0.15) is 0 Å². The molecule has 0 aliphatic carbocycles. The highest BCUT2D eigenvalue weighted by Crippen LogP contribution is 2.32. The van der Waals surface area contributed by atoms with E-state index in [1.54, 1.807) is 11.3 Å². The highest BCUT2D eigenvalue weighted by molar-refractivity contribution is 7.10. The van der Waals surface area contributed by atoms with Gasteiger partial charge in [0.05, 0.1) is 0 Å². The second-order valence-electron chi connectivity index (χ2n) is 4.32. The van der Waals surface area contributed by atoms with E-state index in [4.69, 9.17) is 0 Å². The maximum absolute atomic E-state index is 12.3. The Hall–Kier alpha value is -0.550. The zero-order valence-electron chi connectivity index (χ0n) is 10.8. The van der Waals surface area contributed by atoms with Gasteiger partial charge in [-0.05, 0) is 42.8 Å². The van der Waals surface area contributed by atoms with E-state index in [9.17, 15) is 13.2 Å². The van der Waals surface area contributed by atoms with Crippen LogP contribution in [-0.2, 0) is 6.42 Å². The Kier molecular flexibility index (Phi) is 6.15. The molecule has 0 spiro atoms. The zero-order chi connectivity index (χ0) is 13.6. The summed E-state index contributed by atoms with van der Waals surface area (Å²) in [5.74, 6) is 0. The molecule has 0 bridgehead atoms. The van der Waals surface area contributed by atoms with Gasteiger partial charge in [-0.2, -0.15) is 13.2 Å². The van der Waals surface area contributed by atoms with Gasteiger partial charge in [-0.25, -0.2) is 0 Å². The van der Waals surface area contributed by atoms with Crippen LogP contribution in [0.3, 0.4) is 0 Å². The van der Waals surface area contributed by atoms with Gasteiger partial charge < -0.3 is 5.32 Å². The van der Waals surface area contributed by atoms with Crippen LogP contribution in [0.2, 0.25) is 0 Å². The molecule has 1 aromatic heterocycles. The third kappa shape index (κ3) is 4.98. The summed E-state index contributed by atoms with van der Waals surface area (Å²) in [5.41, 5.74) is 1.16. The van der Waals surface area contributed by atoms with Gasteiger partial charge in [-0.15, -0.1) is 11.3 Å². The fourth-order valence-electron chi connectivity index (χ4n) is 1.90. The third-order valence-electron chi connectivity index (χ3n) is 2.84. The van der Waals surface area contributed by atoms with Gasteiger partial charge in [0.15, 0.2) is 0 Å². The molecule has 5 heteroatoms. The predicted octanol–water partition coefficient (Wildman–Crippen LogP) is 4.69. The Morgan fingerprint density at radius 3 is 2.61 bits per heavy atom. The second-order valence-corrected chi connectivity index (χ2v) is 5.27. The van der Waals surface area contributed by atoms with E-state index < -0.39 is 12.6 Å². The second kappa shape index (κ2) is 7.14. The minimum atomic E-state index is -4.07. The lowest BCUT2D eigenvalue weighted by Gasteiger charge is -2.19. The van der Waals surface area contributed by atoms with Crippen molar-refractivity contribution in [3.8, 4) is 0 Å². The minimum absolute atomic E-state index is 0.122. The molecule has 1 N–H and O–H groups in total. The molecule has 1 rings (SSSR count). The van der Waals surface area contributed by atoms with Crippen molar-refractivity contribution in [2.45, 2.75) is 51.7 Å². The van der Waals surface area contributed by atoms with Gasteiger partial charge >= 0.3 is 6.18 Å². The van der Waals surface area contributed by atoms with Crippen molar-refractivity contribution >= 4 is 11.3 Å². The monoisotopic (exact) mass is 279 g/mol. The number of nitrogens with one attached hydrogen (secondary N) is 1. The summed E-state index contributed by atoms with van der Waals surface area (Å²) in [7, 11) is 0. The fourth-order valence-corrected chi connectivity index (χ4v) is 3.01. The zero-order valence-corrected chi connectivity index (χ0v) is 11.6. The average Bonchev–Trinajstić information content (AvgIpc) is 2.76. The molecule has 1 heterocycles. The molecule has 1 aromatic rings. The lowest BCUT2D eigenvalue weighted by molar-refractivity contribution is -0.136. The number of alkyl halides is 3. The first-order valence-electron chi connectivity index (χ1n) is 6.34.